The number of pyridine rings is 2. The summed E-state index contributed by atoms with van der Waals surface area (Å²) < 4.78 is 5.43. The van der Waals surface area contributed by atoms with E-state index in [1.54, 1.807) is 7.11 Å². The van der Waals surface area contributed by atoms with E-state index in [0.29, 0.717) is 6.54 Å². The molecule has 0 spiro atoms. The van der Waals surface area contributed by atoms with Gasteiger partial charge < -0.3 is 10.1 Å². The Morgan fingerprint density at radius 2 is 1.95 bits per heavy atom. The lowest BCUT2D eigenvalue weighted by Crippen LogP contribution is -2.19. The van der Waals surface area contributed by atoms with E-state index in [9.17, 15) is 0 Å². The monoisotopic (exact) mass is 271 g/mol. The largest absolute Gasteiger partial charge is 0.496 e. The molecule has 2 aromatic rings. The molecule has 20 heavy (non-hydrogen) atoms. The van der Waals surface area contributed by atoms with Crippen LogP contribution in [-0.2, 0) is 6.54 Å². The van der Waals surface area contributed by atoms with Crippen LogP contribution in [0.1, 0.15) is 35.3 Å². The molecule has 2 rings (SSSR count). The molecule has 0 aromatic carbocycles. The van der Waals surface area contributed by atoms with E-state index in [1.165, 1.54) is 5.56 Å². The Bertz CT molecular complexity index is 569. The molecular weight excluding hydrogens is 250 g/mol. The number of methoxy groups -OCH3 is 1. The van der Waals surface area contributed by atoms with Crippen molar-refractivity contribution in [1.29, 1.82) is 0 Å². The highest BCUT2D eigenvalue weighted by Crippen LogP contribution is 2.24. The predicted octanol–water partition coefficient (Wildman–Crippen LogP) is 2.95. The highest BCUT2D eigenvalue weighted by Gasteiger charge is 2.11. The summed E-state index contributed by atoms with van der Waals surface area (Å²) in [7, 11) is 1.70. The third-order valence-corrected chi connectivity index (χ3v) is 3.53. The van der Waals surface area contributed by atoms with Gasteiger partial charge in [0.05, 0.1) is 12.8 Å². The van der Waals surface area contributed by atoms with Crippen molar-refractivity contribution in [3.8, 4) is 5.75 Å². The number of hydrogen-bond donors (Lipinski definition) is 1. The minimum atomic E-state index is 0.256. The first-order valence-corrected chi connectivity index (χ1v) is 6.76. The van der Waals surface area contributed by atoms with E-state index in [0.717, 1.165) is 22.6 Å². The maximum atomic E-state index is 5.43. The summed E-state index contributed by atoms with van der Waals surface area (Å²) in [5, 5.41) is 3.48. The summed E-state index contributed by atoms with van der Waals surface area (Å²) in [6.45, 7) is 6.91. The average Bonchev–Trinajstić information content (AvgIpc) is 2.47. The number of nitrogens with zero attached hydrogens (tertiary/aromatic N) is 2. The number of rotatable bonds is 5. The molecule has 0 aliphatic heterocycles. The van der Waals surface area contributed by atoms with E-state index in [1.807, 2.05) is 44.6 Å². The highest BCUT2D eigenvalue weighted by molar-refractivity contribution is 5.41. The molecule has 0 amide bonds. The van der Waals surface area contributed by atoms with Crippen molar-refractivity contribution < 1.29 is 4.74 Å². The van der Waals surface area contributed by atoms with Gasteiger partial charge in [-0.2, -0.15) is 0 Å². The minimum Gasteiger partial charge on any atom is -0.496 e. The van der Waals surface area contributed by atoms with Gasteiger partial charge in [0.15, 0.2) is 0 Å². The topological polar surface area (TPSA) is 47.0 Å². The van der Waals surface area contributed by atoms with E-state index < -0.39 is 0 Å². The van der Waals surface area contributed by atoms with Gasteiger partial charge in [-0.15, -0.1) is 0 Å². The molecule has 1 atom stereocenters. The van der Waals surface area contributed by atoms with Crippen molar-refractivity contribution in [2.45, 2.75) is 33.4 Å². The van der Waals surface area contributed by atoms with Gasteiger partial charge in [-0.1, -0.05) is 0 Å². The van der Waals surface area contributed by atoms with Gasteiger partial charge in [0.25, 0.3) is 0 Å². The second-order valence-corrected chi connectivity index (χ2v) is 4.93. The quantitative estimate of drug-likeness (QED) is 0.908. The van der Waals surface area contributed by atoms with Crippen LogP contribution in [0, 0.1) is 13.8 Å². The molecule has 0 aliphatic carbocycles. The van der Waals surface area contributed by atoms with Gasteiger partial charge in [-0.05, 0) is 38.5 Å². The van der Waals surface area contributed by atoms with E-state index >= 15 is 0 Å². The molecule has 0 unspecified atom stereocenters. The molecule has 2 heterocycles. The number of aryl methyl sites for hydroxylation is 1. The smallest absolute Gasteiger partial charge is 0.128 e. The van der Waals surface area contributed by atoms with Crippen LogP contribution in [-0.4, -0.2) is 17.1 Å². The first-order valence-electron chi connectivity index (χ1n) is 6.76. The lowest BCUT2D eigenvalue weighted by atomic mass is 10.1. The fourth-order valence-corrected chi connectivity index (χ4v) is 2.27. The summed E-state index contributed by atoms with van der Waals surface area (Å²) in [4.78, 5) is 8.53. The van der Waals surface area contributed by atoms with Crippen molar-refractivity contribution in [3.63, 3.8) is 0 Å². The van der Waals surface area contributed by atoms with Crippen molar-refractivity contribution in [3.05, 3.63) is 53.1 Å². The molecule has 0 fully saturated rings. The molecule has 0 bridgehead atoms. The Morgan fingerprint density at radius 1 is 1.25 bits per heavy atom. The number of nitrogens with one attached hydrogen (secondary N) is 1. The van der Waals surface area contributed by atoms with Crippen LogP contribution in [0.3, 0.4) is 0 Å². The third-order valence-electron chi connectivity index (χ3n) is 3.53. The molecule has 0 saturated heterocycles. The van der Waals surface area contributed by atoms with Crippen LogP contribution < -0.4 is 10.1 Å². The Hall–Kier alpha value is -1.94. The standard InChI is InChI=1S/C16H21N3O/c1-11-9-19-15(12(2)16(11)20-4)10-18-13(3)14-5-7-17-8-6-14/h5-9,13,18H,10H2,1-4H3/t13-/m1/s1. The SMILES string of the molecule is COc1c(C)cnc(CN[C@H](C)c2ccncc2)c1C. The lowest BCUT2D eigenvalue weighted by Gasteiger charge is -2.16. The van der Waals surface area contributed by atoms with Gasteiger partial charge in [-0.25, -0.2) is 0 Å². The molecule has 4 nitrogen and oxygen atoms in total. The summed E-state index contributed by atoms with van der Waals surface area (Å²) in [6, 6.07) is 4.30. The van der Waals surface area contributed by atoms with Crippen LogP contribution in [0.5, 0.6) is 5.75 Å². The van der Waals surface area contributed by atoms with E-state index in [-0.39, 0.29) is 6.04 Å². The fraction of sp³-hybridized carbons (Fsp3) is 0.375. The summed E-state index contributed by atoms with van der Waals surface area (Å²) in [5.74, 6) is 0.924. The van der Waals surface area contributed by atoms with Crippen molar-refractivity contribution in [2.24, 2.45) is 0 Å². The van der Waals surface area contributed by atoms with E-state index in [4.69, 9.17) is 4.74 Å². The van der Waals surface area contributed by atoms with Crippen LogP contribution in [0.4, 0.5) is 0 Å². The zero-order chi connectivity index (χ0) is 14.5. The Morgan fingerprint density at radius 3 is 2.60 bits per heavy atom. The van der Waals surface area contributed by atoms with Gasteiger partial charge >= 0.3 is 0 Å². The highest BCUT2D eigenvalue weighted by atomic mass is 16.5. The number of aromatic nitrogens is 2. The molecule has 2 aromatic heterocycles. The second kappa shape index (κ2) is 6.48. The first-order chi connectivity index (χ1) is 9.63. The molecule has 106 valence electrons. The molecular formula is C16H21N3O. The van der Waals surface area contributed by atoms with Crippen molar-refractivity contribution in [2.75, 3.05) is 7.11 Å². The Kier molecular flexibility index (Phi) is 4.69. The van der Waals surface area contributed by atoms with Gasteiger partial charge in [0.1, 0.15) is 5.75 Å². The van der Waals surface area contributed by atoms with Gasteiger partial charge in [0.2, 0.25) is 0 Å². The maximum Gasteiger partial charge on any atom is 0.128 e. The fourth-order valence-electron chi connectivity index (χ4n) is 2.27. The predicted molar refractivity (Wildman–Crippen MR) is 79.8 cm³/mol. The minimum absolute atomic E-state index is 0.256. The molecule has 1 N–H and O–H groups in total. The van der Waals surface area contributed by atoms with Crippen LogP contribution in [0.2, 0.25) is 0 Å². The van der Waals surface area contributed by atoms with Crippen LogP contribution >= 0.6 is 0 Å². The lowest BCUT2D eigenvalue weighted by molar-refractivity contribution is 0.406. The van der Waals surface area contributed by atoms with Crippen molar-refractivity contribution in [1.82, 2.24) is 15.3 Å². The zero-order valence-corrected chi connectivity index (χ0v) is 12.5. The zero-order valence-electron chi connectivity index (χ0n) is 12.5. The molecule has 0 radical (unpaired) electrons. The van der Waals surface area contributed by atoms with Crippen LogP contribution in [0.25, 0.3) is 0 Å². The number of hydrogen-bond acceptors (Lipinski definition) is 4. The van der Waals surface area contributed by atoms with Gasteiger partial charge in [-0.3, -0.25) is 9.97 Å². The Balaban J connectivity index is 2.08. The van der Waals surface area contributed by atoms with Crippen LogP contribution in [0.15, 0.2) is 30.7 Å². The Labute approximate surface area is 120 Å². The first kappa shape index (κ1) is 14.5. The molecule has 4 heteroatoms. The normalized spacial score (nSPS) is 12.2. The summed E-state index contributed by atoms with van der Waals surface area (Å²) >= 11 is 0. The van der Waals surface area contributed by atoms with Crippen molar-refractivity contribution >= 4 is 0 Å². The average molecular weight is 271 g/mol. The number of ether oxygens (including phenoxy) is 1. The van der Waals surface area contributed by atoms with E-state index in [2.05, 4.69) is 22.2 Å². The van der Waals surface area contributed by atoms with Gasteiger partial charge in [0, 0.05) is 42.3 Å². The maximum absolute atomic E-state index is 5.43. The molecule has 0 aliphatic rings. The second-order valence-electron chi connectivity index (χ2n) is 4.93. The summed E-state index contributed by atoms with van der Waals surface area (Å²) in [6.07, 6.45) is 5.48. The molecule has 0 saturated carbocycles. The summed E-state index contributed by atoms with van der Waals surface area (Å²) in [5.41, 5.74) is 4.41. The third kappa shape index (κ3) is 3.14.